The minimum absolute atomic E-state index is 0.154. The summed E-state index contributed by atoms with van der Waals surface area (Å²) in [6, 6.07) is 11.1. The molecule has 128 valence electrons. The molecule has 0 saturated heterocycles. The molecule has 4 rings (SSSR count). The number of fused-ring (bicyclic) bond motifs is 2. The van der Waals surface area contributed by atoms with E-state index in [2.05, 4.69) is 5.32 Å². The zero-order valence-corrected chi connectivity index (χ0v) is 14.0. The highest BCUT2D eigenvalue weighted by molar-refractivity contribution is 5.95. The van der Waals surface area contributed by atoms with Crippen molar-refractivity contribution in [1.29, 1.82) is 0 Å². The summed E-state index contributed by atoms with van der Waals surface area (Å²) >= 11 is 0. The van der Waals surface area contributed by atoms with Crippen LogP contribution in [0.15, 0.2) is 42.6 Å². The molecule has 0 aliphatic carbocycles. The molecule has 0 spiro atoms. The number of hydrogen-bond donors (Lipinski definition) is 1. The maximum Gasteiger partial charge on any atom is 0.251 e. The number of benzene rings is 2. The smallest absolute Gasteiger partial charge is 0.251 e. The van der Waals surface area contributed by atoms with Gasteiger partial charge in [0.25, 0.3) is 5.91 Å². The molecule has 2 heterocycles. The predicted octanol–water partition coefficient (Wildman–Crippen LogP) is 2.85. The maximum atomic E-state index is 12.4. The van der Waals surface area contributed by atoms with Crippen LogP contribution in [0.3, 0.4) is 0 Å². The van der Waals surface area contributed by atoms with E-state index in [4.69, 9.17) is 14.2 Å². The zero-order chi connectivity index (χ0) is 17.4. The summed E-state index contributed by atoms with van der Waals surface area (Å²) in [5, 5.41) is 4.02. The Bertz CT molecular complexity index is 961. The molecule has 6 heteroatoms. The molecule has 0 bridgehead atoms. The van der Waals surface area contributed by atoms with Gasteiger partial charge in [-0.1, -0.05) is 0 Å². The van der Waals surface area contributed by atoms with Crippen LogP contribution >= 0.6 is 0 Å². The first-order chi connectivity index (χ1) is 12.2. The zero-order valence-electron chi connectivity index (χ0n) is 14.0. The van der Waals surface area contributed by atoms with Gasteiger partial charge in [0.2, 0.25) is 6.79 Å². The van der Waals surface area contributed by atoms with Crippen molar-refractivity contribution in [2.75, 3.05) is 13.9 Å². The van der Waals surface area contributed by atoms with Crippen molar-refractivity contribution in [2.24, 2.45) is 7.05 Å². The molecule has 0 fully saturated rings. The molecule has 0 radical (unpaired) electrons. The van der Waals surface area contributed by atoms with Crippen LogP contribution in [0.1, 0.15) is 15.9 Å². The Labute approximate surface area is 144 Å². The van der Waals surface area contributed by atoms with Crippen molar-refractivity contribution in [2.45, 2.75) is 6.54 Å². The molecule has 0 unspecified atom stereocenters. The molecular formula is C19H18N2O4. The van der Waals surface area contributed by atoms with Crippen LogP contribution in [-0.4, -0.2) is 24.4 Å². The molecule has 0 atom stereocenters. The quantitative estimate of drug-likeness (QED) is 0.795. The number of aromatic nitrogens is 1. The van der Waals surface area contributed by atoms with Gasteiger partial charge in [0, 0.05) is 36.3 Å². The van der Waals surface area contributed by atoms with Crippen LogP contribution in [0.25, 0.3) is 10.9 Å². The molecule has 1 aliphatic heterocycles. The first-order valence-electron chi connectivity index (χ1n) is 7.95. The average Bonchev–Trinajstić information content (AvgIpc) is 3.23. The molecule has 0 saturated carbocycles. The Balaban J connectivity index is 1.55. The van der Waals surface area contributed by atoms with E-state index >= 15 is 0 Å². The minimum atomic E-state index is -0.154. The van der Waals surface area contributed by atoms with Gasteiger partial charge in [-0.3, -0.25) is 4.79 Å². The van der Waals surface area contributed by atoms with Gasteiger partial charge < -0.3 is 24.1 Å². The van der Waals surface area contributed by atoms with Crippen molar-refractivity contribution in [3.05, 3.63) is 53.7 Å². The van der Waals surface area contributed by atoms with E-state index in [-0.39, 0.29) is 12.7 Å². The van der Waals surface area contributed by atoms with E-state index in [1.54, 1.807) is 25.3 Å². The lowest BCUT2D eigenvalue weighted by molar-refractivity contribution is 0.0950. The Kier molecular flexibility index (Phi) is 3.72. The standard InChI is InChI=1S/C19H18N2O4/c1-21-10-13(15-8-14(23-2)4-5-16(15)21)9-20-19(22)12-3-6-17-18(7-12)25-11-24-17/h3-8,10H,9,11H2,1-2H3,(H,20,22). The second-order valence-electron chi connectivity index (χ2n) is 5.90. The van der Waals surface area contributed by atoms with E-state index in [0.717, 1.165) is 22.2 Å². The molecule has 1 aromatic heterocycles. The number of rotatable bonds is 4. The fourth-order valence-electron chi connectivity index (χ4n) is 3.04. The first kappa shape index (κ1) is 15.4. The highest BCUT2D eigenvalue weighted by Gasteiger charge is 2.16. The van der Waals surface area contributed by atoms with Crippen molar-refractivity contribution in [3.63, 3.8) is 0 Å². The van der Waals surface area contributed by atoms with E-state index in [1.807, 2.05) is 36.0 Å². The predicted molar refractivity (Wildman–Crippen MR) is 93.2 cm³/mol. The van der Waals surface area contributed by atoms with Crippen molar-refractivity contribution >= 4 is 16.8 Å². The summed E-state index contributed by atoms with van der Waals surface area (Å²) in [4.78, 5) is 12.4. The van der Waals surface area contributed by atoms with Crippen LogP contribution in [0.2, 0.25) is 0 Å². The molecule has 1 amide bonds. The van der Waals surface area contributed by atoms with E-state index in [0.29, 0.717) is 23.6 Å². The molecule has 2 aromatic carbocycles. The van der Waals surface area contributed by atoms with Gasteiger partial charge in [-0.25, -0.2) is 0 Å². The van der Waals surface area contributed by atoms with Gasteiger partial charge in [0.05, 0.1) is 7.11 Å². The summed E-state index contributed by atoms with van der Waals surface area (Å²) in [5.41, 5.74) is 2.67. The fraction of sp³-hybridized carbons (Fsp3) is 0.211. The lowest BCUT2D eigenvalue weighted by atomic mass is 10.1. The molecule has 1 aliphatic rings. The topological polar surface area (TPSA) is 61.7 Å². The molecule has 1 N–H and O–H groups in total. The fourth-order valence-corrected chi connectivity index (χ4v) is 3.04. The Hall–Kier alpha value is -3.15. The second kappa shape index (κ2) is 6.05. The van der Waals surface area contributed by atoms with Crippen LogP contribution in [-0.2, 0) is 13.6 Å². The van der Waals surface area contributed by atoms with Gasteiger partial charge in [-0.15, -0.1) is 0 Å². The number of amides is 1. The second-order valence-corrected chi connectivity index (χ2v) is 5.90. The largest absolute Gasteiger partial charge is 0.497 e. The Morgan fingerprint density at radius 1 is 1.20 bits per heavy atom. The number of carbonyl (C=O) groups is 1. The van der Waals surface area contributed by atoms with Gasteiger partial charge in [0.15, 0.2) is 11.5 Å². The normalized spacial score (nSPS) is 12.4. The number of nitrogens with zero attached hydrogens (tertiary/aromatic N) is 1. The van der Waals surface area contributed by atoms with Gasteiger partial charge >= 0.3 is 0 Å². The van der Waals surface area contributed by atoms with Gasteiger partial charge in [-0.05, 0) is 42.0 Å². The number of methoxy groups -OCH3 is 1. The summed E-state index contributed by atoms with van der Waals surface area (Å²) in [7, 11) is 3.63. The van der Waals surface area contributed by atoms with Gasteiger partial charge in [0.1, 0.15) is 5.75 Å². The number of nitrogens with one attached hydrogen (secondary N) is 1. The van der Waals surface area contributed by atoms with Crippen LogP contribution in [0.4, 0.5) is 0 Å². The van der Waals surface area contributed by atoms with Crippen molar-refractivity contribution < 1.29 is 19.0 Å². The minimum Gasteiger partial charge on any atom is -0.497 e. The molecule has 3 aromatic rings. The number of ether oxygens (including phenoxy) is 3. The summed E-state index contributed by atoms with van der Waals surface area (Å²) in [5.74, 6) is 1.90. The summed E-state index contributed by atoms with van der Waals surface area (Å²) in [6.07, 6.45) is 2.02. The lowest BCUT2D eigenvalue weighted by Gasteiger charge is -2.06. The third kappa shape index (κ3) is 2.76. The van der Waals surface area contributed by atoms with Crippen molar-refractivity contribution in [3.8, 4) is 17.2 Å². The maximum absolute atomic E-state index is 12.4. The van der Waals surface area contributed by atoms with E-state index < -0.39 is 0 Å². The summed E-state index contributed by atoms with van der Waals surface area (Å²) < 4.78 is 17.9. The Morgan fingerprint density at radius 2 is 2.04 bits per heavy atom. The number of carbonyl (C=O) groups excluding carboxylic acids is 1. The van der Waals surface area contributed by atoms with Crippen LogP contribution in [0, 0.1) is 0 Å². The SMILES string of the molecule is COc1ccc2c(c1)c(CNC(=O)c1ccc3c(c1)OCO3)cn2C. The third-order valence-electron chi connectivity index (χ3n) is 4.35. The Morgan fingerprint density at radius 3 is 2.88 bits per heavy atom. The molecule has 25 heavy (non-hydrogen) atoms. The van der Waals surface area contributed by atoms with E-state index in [9.17, 15) is 4.79 Å². The highest BCUT2D eigenvalue weighted by atomic mass is 16.7. The summed E-state index contributed by atoms with van der Waals surface area (Å²) in [6.45, 7) is 0.621. The monoisotopic (exact) mass is 338 g/mol. The number of aryl methyl sites for hydroxylation is 1. The average molecular weight is 338 g/mol. The number of hydrogen-bond acceptors (Lipinski definition) is 4. The van der Waals surface area contributed by atoms with Crippen LogP contribution in [0.5, 0.6) is 17.2 Å². The molecular weight excluding hydrogens is 320 g/mol. The lowest BCUT2D eigenvalue weighted by Crippen LogP contribution is -2.22. The highest BCUT2D eigenvalue weighted by Crippen LogP contribution is 2.32. The first-order valence-corrected chi connectivity index (χ1v) is 7.95. The van der Waals surface area contributed by atoms with Crippen molar-refractivity contribution in [1.82, 2.24) is 9.88 Å². The van der Waals surface area contributed by atoms with E-state index in [1.165, 1.54) is 0 Å². The molecule has 6 nitrogen and oxygen atoms in total. The third-order valence-corrected chi connectivity index (χ3v) is 4.35. The van der Waals surface area contributed by atoms with Gasteiger partial charge in [-0.2, -0.15) is 0 Å². The van der Waals surface area contributed by atoms with Crippen LogP contribution < -0.4 is 19.5 Å².